The number of nitrogens with zero attached hydrogens (tertiary/aromatic N) is 3. The minimum atomic E-state index is -1.06. The molecule has 106 valence electrons. The van der Waals surface area contributed by atoms with Gasteiger partial charge in [0.2, 0.25) is 0 Å². The molecule has 0 aliphatic rings. The predicted molar refractivity (Wildman–Crippen MR) is 75.8 cm³/mol. The van der Waals surface area contributed by atoms with Crippen LogP contribution in [-0.2, 0) is 20.1 Å². The highest BCUT2D eigenvalue weighted by Crippen LogP contribution is 2.23. The van der Waals surface area contributed by atoms with Crippen molar-refractivity contribution < 1.29 is 14.6 Å². The third-order valence-electron chi connectivity index (χ3n) is 2.83. The number of ether oxygens (including phenoxy) is 1. The minimum Gasteiger partial charge on any atom is -0.486 e. The maximum absolute atomic E-state index is 10.7. The molecule has 0 aliphatic heterocycles. The Kier molecular flexibility index (Phi) is 4.39. The number of carboxylic acids is 1. The van der Waals surface area contributed by atoms with Crippen molar-refractivity contribution in [1.82, 2.24) is 14.8 Å². The van der Waals surface area contributed by atoms with Crippen LogP contribution in [0.1, 0.15) is 28.8 Å². The Labute approximate surface area is 124 Å². The van der Waals surface area contributed by atoms with E-state index in [1.807, 2.05) is 14.0 Å². The summed E-state index contributed by atoms with van der Waals surface area (Å²) in [6.45, 7) is 2.37. The molecular formula is C13H14BrN3O3. The Morgan fingerprint density at radius 2 is 2.25 bits per heavy atom. The van der Waals surface area contributed by atoms with E-state index in [9.17, 15) is 4.79 Å². The van der Waals surface area contributed by atoms with Gasteiger partial charge in [0.1, 0.15) is 18.1 Å². The largest absolute Gasteiger partial charge is 0.486 e. The fourth-order valence-corrected chi connectivity index (χ4v) is 2.45. The molecule has 7 heteroatoms. The Balaban J connectivity index is 2.09. The molecule has 2 aromatic heterocycles. The van der Waals surface area contributed by atoms with Gasteiger partial charge in [-0.15, -0.1) is 0 Å². The number of pyridine rings is 1. The van der Waals surface area contributed by atoms with Crippen molar-refractivity contribution in [3.63, 3.8) is 0 Å². The second kappa shape index (κ2) is 6.04. The number of aromatic carboxylic acids is 1. The lowest BCUT2D eigenvalue weighted by atomic mass is 10.3. The minimum absolute atomic E-state index is 0.00710. The van der Waals surface area contributed by atoms with Crippen LogP contribution < -0.4 is 4.74 Å². The second-order valence-electron chi connectivity index (χ2n) is 4.16. The Hall–Kier alpha value is -1.89. The fraction of sp³-hybridized carbons (Fsp3) is 0.308. The number of hydrogen-bond acceptors (Lipinski definition) is 4. The van der Waals surface area contributed by atoms with E-state index in [4.69, 9.17) is 9.84 Å². The van der Waals surface area contributed by atoms with Gasteiger partial charge in [-0.25, -0.2) is 9.78 Å². The van der Waals surface area contributed by atoms with Crippen molar-refractivity contribution in [2.75, 3.05) is 0 Å². The zero-order valence-corrected chi connectivity index (χ0v) is 12.7. The van der Waals surface area contributed by atoms with Crippen molar-refractivity contribution in [2.24, 2.45) is 7.05 Å². The summed E-state index contributed by atoms with van der Waals surface area (Å²) in [7, 11) is 1.86. The van der Waals surface area contributed by atoms with Crippen LogP contribution in [0.4, 0.5) is 0 Å². The summed E-state index contributed by atoms with van der Waals surface area (Å²) in [5.74, 6) is -0.542. The van der Waals surface area contributed by atoms with Gasteiger partial charge < -0.3 is 9.84 Å². The summed E-state index contributed by atoms with van der Waals surface area (Å²) in [5, 5.41) is 13.1. The number of halogens is 1. The van der Waals surface area contributed by atoms with Gasteiger partial charge in [0.05, 0.1) is 22.1 Å². The lowest BCUT2D eigenvalue weighted by molar-refractivity contribution is 0.0690. The van der Waals surface area contributed by atoms with Crippen molar-refractivity contribution in [3.8, 4) is 5.75 Å². The number of aryl methyl sites for hydroxylation is 2. The molecule has 0 aromatic carbocycles. The van der Waals surface area contributed by atoms with Crippen LogP contribution in [0.5, 0.6) is 5.75 Å². The highest BCUT2D eigenvalue weighted by Gasteiger charge is 2.13. The highest BCUT2D eigenvalue weighted by atomic mass is 79.9. The molecule has 0 saturated heterocycles. The molecule has 0 saturated carbocycles. The summed E-state index contributed by atoms with van der Waals surface area (Å²) < 4.78 is 8.31. The molecule has 2 heterocycles. The van der Waals surface area contributed by atoms with Crippen molar-refractivity contribution >= 4 is 21.9 Å². The van der Waals surface area contributed by atoms with Crippen molar-refractivity contribution in [2.45, 2.75) is 20.0 Å². The first-order valence-corrected chi connectivity index (χ1v) is 6.84. The van der Waals surface area contributed by atoms with Crippen LogP contribution in [0.3, 0.4) is 0 Å². The zero-order valence-electron chi connectivity index (χ0n) is 11.1. The third kappa shape index (κ3) is 2.98. The van der Waals surface area contributed by atoms with Crippen LogP contribution in [0.15, 0.2) is 22.8 Å². The van der Waals surface area contributed by atoms with Crippen molar-refractivity contribution in [3.05, 3.63) is 39.9 Å². The average Bonchev–Trinajstić information content (AvgIpc) is 2.71. The molecule has 2 rings (SSSR count). The number of rotatable bonds is 5. The van der Waals surface area contributed by atoms with Crippen LogP contribution >= 0.6 is 15.9 Å². The van der Waals surface area contributed by atoms with Gasteiger partial charge in [0.25, 0.3) is 0 Å². The normalized spacial score (nSPS) is 10.6. The van der Waals surface area contributed by atoms with E-state index in [1.54, 1.807) is 10.7 Å². The second-order valence-corrected chi connectivity index (χ2v) is 4.95. The number of aromatic nitrogens is 3. The standard InChI is InChI=1S/C13H14BrN3O3/c1-3-9-12(14)11(17(2)16-9)7-20-8-4-5-10(13(18)19)15-6-8/h4-6H,3,7H2,1-2H3,(H,18,19). The molecule has 0 radical (unpaired) electrons. The summed E-state index contributed by atoms with van der Waals surface area (Å²) >= 11 is 3.51. The number of carbonyl (C=O) groups is 1. The molecule has 0 atom stereocenters. The van der Waals surface area contributed by atoms with Crippen LogP contribution in [0.25, 0.3) is 0 Å². The van der Waals surface area contributed by atoms with Gasteiger partial charge in [-0.3, -0.25) is 4.68 Å². The summed E-state index contributed by atoms with van der Waals surface area (Å²) in [5.41, 5.74) is 1.89. The molecule has 0 aliphatic carbocycles. The van der Waals surface area contributed by atoms with Crippen LogP contribution in [0.2, 0.25) is 0 Å². The molecule has 0 bridgehead atoms. The van der Waals surface area contributed by atoms with Crippen LogP contribution in [-0.4, -0.2) is 25.8 Å². The van der Waals surface area contributed by atoms with E-state index in [0.717, 1.165) is 22.3 Å². The van der Waals surface area contributed by atoms with E-state index in [2.05, 4.69) is 26.0 Å². The average molecular weight is 340 g/mol. The first kappa shape index (κ1) is 14.5. The summed E-state index contributed by atoms with van der Waals surface area (Å²) in [6, 6.07) is 2.99. The molecule has 0 fully saturated rings. The third-order valence-corrected chi connectivity index (χ3v) is 3.75. The number of hydrogen-bond donors (Lipinski definition) is 1. The quantitative estimate of drug-likeness (QED) is 0.905. The van der Waals surface area contributed by atoms with Gasteiger partial charge >= 0.3 is 5.97 Å². The zero-order chi connectivity index (χ0) is 14.7. The molecule has 0 spiro atoms. The van der Waals surface area contributed by atoms with E-state index in [0.29, 0.717) is 12.4 Å². The first-order valence-electron chi connectivity index (χ1n) is 6.05. The predicted octanol–water partition coefficient (Wildman–Crippen LogP) is 2.42. The van der Waals surface area contributed by atoms with Gasteiger partial charge in [-0.1, -0.05) is 6.92 Å². The number of carboxylic acid groups (broad SMARTS) is 1. The lowest BCUT2D eigenvalue weighted by Crippen LogP contribution is -2.05. The Morgan fingerprint density at radius 1 is 1.50 bits per heavy atom. The van der Waals surface area contributed by atoms with Crippen molar-refractivity contribution in [1.29, 1.82) is 0 Å². The van der Waals surface area contributed by atoms with Gasteiger partial charge in [0.15, 0.2) is 0 Å². The first-order chi connectivity index (χ1) is 9.52. The molecular weight excluding hydrogens is 326 g/mol. The van der Waals surface area contributed by atoms with E-state index < -0.39 is 5.97 Å². The topological polar surface area (TPSA) is 77.2 Å². The Morgan fingerprint density at radius 3 is 2.75 bits per heavy atom. The SMILES string of the molecule is CCc1nn(C)c(COc2ccc(C(=O)O)nc2)c1Br. The maximum Gasteiger partial charge on any atom is 0.354 e. The van der Waals surface area contributed by atoms with Gasteiger partial charge in [-0.2, -0.15) is 5.10 Å². The van der Waals surface area contributed by atoms with Gasteiger partial charge in [0, 0.05) is 7.05 Å². The van der Waals surface area contributed by atoms with Gasteiger partial charge in [-0.05, 0) is 34.5 Å². The molecule has 2 aromatic rings. The highest BCUT2D eigenvalue weighted by molar-refractivity contribution is 9.10. The molecule has 20 heavy (non-hydrogen) atoms. The smallest absolute Gasteiger partial charge is 0.354 e. The molecule has 0 unspecified atom stereocenters. The lowest BCUT2D eigenvalue weighted by Gasteiger charge is -2.06. The van der Waals surface area contributed by atoms with E-state index in [1.165, 1.54) is 12.3 Å². The van der Waals surface area contributed by atoms with Crippen LogP contribution in [0, 0.1) is 0 Å². The molecule has 6 nitrogen and oxygen atoms in total. The van der Waals surface area contributed by atoms with E-state index >= 15 is 0 Å². The molecule has 0 amide bonds. The summed E-state index contributed by atoms with van der Waals surface area (Å²) in [6.07, 6.45) is 2.23. The molecule has 1 N–H and O–H groups in total. The fourth-order valence-electron chi connectivity index (χ4n) is 1.72. The monoisotopic (exact) mass is 339 g/mol. The maximum atomic E-state index is 10.7. The Bertz CT molecular complexity index is 623. The summed E-state index contributed by atoms with van der Waals surface area (Å²) in [4.78, 5) is 14.5. The van der Waals surface area contributed by atoms with E-state index in [-0.39, 0.29) is 5.69 Å².